The molecule has 0 fully saturated rings. The van der Waals surface area contributed by atoms with Crippen LogP contribution in [0.15, 0.2) is 48.5 Å². The van der Waals surface area contributed by atoms with Gasteiger partial charge in [-0.05, 0) is 31.5 Å². The molecule has 0 atom stereocenters. The molecule has 0 unspecified atom stereocenters. The third-order valence-corrected chi connectivity index (χ3v) is 3.72. The van der Waals surface area contributed by atoms with E-state index >= 15 is 0 Å². The van der Waals surface area contributed by atoms with Crippen LogP contribution >= 0.6 is 97.2 Å². The second kappa shape index (κ2) is 36.4. The molecule has 0 radical (unpaired) electrons. The Balaban J connectivity index is -0.000000132. The van der Waals surface area contributed by atoms with Gasteiger partial charge in [0, 0.05) is 29.3 Å². The molecular weight excluding hydrogens is 1210 g/mol. The van der Waals surface area contributed by atoms with Gasteiger partial charge in [-0.3, -0.25) is 14.4 Å². The Bertz CT molecular complexity index is 821. The number of nitrogens with zero attached hydrogens (tertiary/aromatic N) is 1. The molecule has 3 rings (SSSR count). The third kappa shape index (κ3) is 30.0. The van der Waals surface area contributed by atoms with Crippen molar-refractivity contribution in [2.45, 2.75) is 81.4 Å². The number of amides is 1. The molecule has 1 aliphatic rings. The zero-order chi connectivity index (χ0) is 30.7. The van der Waals surface area contributed by atoms with Gasteiger partial charge >= 0.3 is 115 Å². The first kappa shape index (κ1) is 50.8. The van der Waals surface area contributed by atoms with Crippen molar-refractivity contribution in [2.75, 3.05) is 0 Å². The second-order valence-electron chi connectivity index (χ2n) is 7.04. The zero-order valence-corrected chi connectivity index (χ0v) is 37.4. The minimum atomic E-state index is -0.278. The fourth-order valence-corrected chi connectivity index (χ4v) is 2.42. The molecule has 0 aliphatic carbocycles. The molecule has 1 amide bonds. The first-order valence-electron chi connectivity index (χ1n) is 11.7. The molecule has 0 saturated carbocycles. The fourth-order valence-electron chi connectivity index (χ4n) is 2.42. The fraction of sp³-hybridized carbons (Fsp3) is 0.444. The van der Waals surface area contributed by atoms with Crippen molar-refractivity contribution in [3.63, 3.8) is 0 Å². The summed E-state index contributed by atoms with van der Waals surface area (Å²) in [4.78, 5) is 33.8. The predicted molar refractivity (Wildman–Crippen MR) is 208 cm³/mol. The average molecular weight is 1260 g/mol. The molecule has 12 heteroatoms. The number of carbonyl (C=O) groups excluding carboxylic acids is 3. The van der Waals surface area contributed by atoms with Gasteiger partial charge in [0.1, 0.15) is 0 Å². The maximum atomic E-state index is 11.8. The summed E-state index contributed by atoms with van der Waals surface area (Å²) in [7, 11) is 0. The van der Waals surface area contributed by atoms with E-state index in [0.717, 1.165) is 17.7 Å². The number of nitrogens with two attached hydrogens (primary N) is 1. The Kier molecular flexibility index (Phi) is 47.4. The molecule has 228 valence electrons. The maximum absolute atomic E-state index is 11.8. The van der Waals surface area contributed by atoms with Crippen LogP contribution in [0.2, 0.25) is 0 Å². The van der Waals surface area contributed by atoms with Crippen LogP contribution in [0.1, 0.15) is 99.5 Å². The molecule has 2 aromatic rings. The number of benzene rings is 2. The van der Waals surface area contributed by atoms with Crippen LogP contribution in [0.5, 0.6) is 0 Å². The molecule has 2 N–H and O–H groups in total. The zero-order valence-electron chi connectivity index (χ0n) is 23.1. The van der Waals surface area contributed by atoms with Gasteiger partial charge in [0.25, 0.3) is 5.91 Å². The SMILES string of the molecule is C.CC.CC.CC(C)N.CC(C)N1Cc2ccccc2C1=O.I[I-]I.O=Cc1ccccc1C=O.[I][V]([I])[I]. The molecule has 0 spiro atoms. The summed E-state index contributed by atoms with van der Waals surface area (Å²) < 4.78 is 0. The van der Waals surface area contributed by atoms with Crippen LogP contribution in [0, 0.1) is 0 Å². The van der Waals surface area contributed by atoms with Crippen molar-refractivity contribution < 1.29 is 32.6 Å². The minimum absolute atomic E-state index is 0. The van der Waals surface area contributed by atoms with Gasteiger partial charge in [-0.15, -0.1) is 0 Å². The van der Waals surface area contributed by atoms with E-state index in [1.165, 1.54) is 0 Å². The van der Waals surface area contributed by atoms with E-state index in [1.807, 2.05) is 84.6 Å². The van der Waals surface area contributed by atoms with E-state index < -0.39 is 0 Å². The summed E-state index contributed by atoms with van der Waals surface area (Å²) in [6.07, 6.45) is 1.34. The summed E-state index contributed by atoms with van der Waals surface area (Å²) in [6, 6.07) is 15.1. The van der Waals surface area contributed by atoms with Gasteiger partial charge in [-0.25, -0.2) is 0 Å². The molecular formula is C27H44I6N2O3V-. The summed E-state index contributed by atoms with van der Waals surface area (Å²) >= 11 is 12.7. The van der Waals surface area contributed by atoms with E-state index in [9.17, 15) is 14.4 Å². The van der Waals surface area contributed by atoms with Gasteiger partial charge in [0.05, 0.1) is 0 Å². The van der Waals surface area contributed by atoms with Crippen molar-refractivity contribution in [1.29, 1.82) is 0 Å². The third-order valence-electron chi connectivity index (χ3n) is 3.72. The van der Waals surface area contributed by atoms with Gasteiger partial charge in [-0.2, -0.15) is 0 Å². The molecule has 1 heterocycles. The Labute approximate surface area is 305 Å². The molecule has 39 heavy (non-hydrogen) atoms. The molecule has 0 bridgehead atoms. The van der Waals surface area contributed by atoms with Gasteiger partial charge < -0.3 is 10.6 Å². The van der Waals surface area contributed by atoms with Gasteiger partial charge in [-0.1, -0.05) is 91.4 Å². The van der Waals surface area contributed by atoms with Crippen molar-refractivity contribution in [1.82, 2.24) is 4.90 Å². The van der Waals surface area contributed by atoms with Crippen LogP contribution in [0.4, 0.5) is 0 Å². The monoisotopic (exact) mass is 1260 g/mol. The van der Waals surface area contributed by atoms with E-state index in [2.05, 4.69) is 97.2 Å². The van der Waals surface area contributed by atoms with Crippen LogP contribution in [0.25, 0.3) is 0 Å². The van der Waals surface area contributed by atoms with Gasteiger partial charge in [0.2, 0.25) is 0 Å². The van der Waals surface area contributed by atoms with Crippen LogP contribution < -0.4 is 19.0 Å². The molecule has 2 aromatic carbocycles. The van der Waals surface area contributed by atoms with Crippen LogP contribution in [0.3, 0.4) is 0 Å². The second-order valence-corrected chi connectivity index (χ2v) is 58.7. The van der Waals surface area contributed by atoms with E-state index in [-0.39, 0.29) is 18.3 Å². The first-order valence-corrected chi connectivity index (χ1v) is 37.8. The normalized spacial score (nSPS) is 10.1. The van der Waals surface area contributed by atoms with Crippen molar-refractivity contribution in [3.8, 4) is 0 Å². The molecule has 5 nitrogen and oxygen atoms in total. The van der Waals surface area contributed by atoms with E-state index in [1.54, 1.807) is 24.3 Å². The number of hydrogen-bond acceptors (Lipinski definition) is 4. The number of carbonyl (C=O) groups is 3. The number of halogens is 6. The Morgan fingerprint density at radius 2 is 1.15 bits per heavy atom. The summed E-state index contributed by atoms with van der Waals surface area (Å²) in [5.74, 6) is 0.172. The van der Waals surface area contributed by atoms with Crippen LogP contribution in [-0.2, 0) is 11.5 Å². The number of rotatable bonds is 3. The van der Waals surface area contributed by atoms with E-state index in [0.29, 0.717) is 49.0 Å². The first-order chi connectivity index (χ1) is 18.0. The van der Waals surface area contributed by atoms with Crippen LogP contribution in [-0.4, -0.2) is 35.5 Å². The Hall–Kier alpha value is 2.17. The average Bonchev–Trinajstić information content (AvgIpc) is 3.23. The number of aldehydes is 2. The topological polar surface area (TPSA) is 80.5 Å². The van der Waals surface area contributed by atoms with Gasteiger partial charge in [0.15, 0.2) is 12.6 Å². The quantitative estimate of drug-likeness (QED) is 0.251. The molecule has 0 aromatic heterocycles. The molecule has 1 aliphatic heterocycles. The standard InChI is InChI=1S/C11H13NO.C8H6O2.C3H9N.2C2H6.CH4.I3.3HI.V/c1-8(2)12-7-9-5-3-4-6-10(9)11(12)13;9-5-7-3-1-2-4-8(7)6-10;1-3(2)4;2*1-2;;1-3-2;;;;/h3-6,8H,7H2,1-2H3;1-6H;3H,4H2,1-2H3;2*1-2H3;1H4;;3*1H;/q;;;;;;-1;;;;+3/p-3. The van der Waals surface area contributed by atoms with Crippen molar-refractivity contribution in [2.24, 2.45) is 5.73 Å². The Morgan fingerprint density at radius 3 is 1.44 bits per heavy atom. The summed E-state index contributed by atoms with van der Waals surface area (Å²) in [5, 5.41) is 0. The number of hydrogen-bond donors (Lipinski definition) is 1. The van der Waals surface area contributed by atoms with Crippen molar-refractivity contribution >= 4 is 116 Å². The Morgan fingerprint density at radius 1 is 0.846 bits per heavy atom. The van der Waals surface area contributed by atoms with E-state index in [4.69, 9.17) is 5.73 Å². The predicted octanol–water partition coefficient (Wildman–Crippen LogP) is 7.83. The molecule has 0 saturated heterocycles. The number of fused-ring (bicyclic) bond motifs is 1. The summed E-state index contributed by atoms with van der Waals surface area (Å²) in [5.41, 5.74) is 8.02. The van der Waals surface area contributed by atoms with Crippen molar-refractivity contribution in [3.05, 3.63) is 70.8 Å². The summed E-state index contributed by atoms with van der Waals surface area (Å²) in [6.45, 7) is 16.8.